The van der Waals surface area contributed by atoms with Gasteiger partial charge in [0.2, 0.25) is 5.91 Å². The predicted octanol–water partition coefficient (Wildman–Crippen LogP) is 2.21. The van der Waals surface area contributed by atoms with E-state index in [1.165, 1.54) is 22.9 Å². The quantitative estimate of drug-likeness (QED) is 0.874. The minimum Gasteiger partial charge on any atom is -0.356 e. The molecule has 1 heterocycles. The molecule has 0 unspecified atom stereocenters. The monoisotopic (exact) mass is 292 g/mol. The molecule has 1 aromatic rings. The van der Waals surface area contributed by atoms with E-state index in [0.29, 0.717) is 19.5 Å². The van der Waals surface area contributed by atoms with Gasteiger partial charge in [-0.1, -0.05) is 36.0 Å². The summed E-state index contributed by atoms with van der Waals surface area (Å²) in [6.07, 6.45) is 1.23. The molecule has 1 aromatic carbocycles. The van der Waals surface area contributed by atoms with Crippen LogP contribution in [-0.4, -0.2) is 41.4 Å². The summed E-state index contributed by atoms with van der Waals surface area (Å²) in [6, 6.07) is 8.19. The maximum absolute atomic E-state index is 11.7. The number of rotatable bonds is 6. The Labute approximate surface area is 123 Å². The summed E-state index contributed by atoms with van der Waals surface area (Å²) in [4.78, 5) is 24.8. The zero-order chi connectivity index (χ0) is 14.4. The summed E-state index contributed by atoms with van der Waals surface area (Å²) < 4.78 is 0. The van der Waals surface area contributed by atoms with Gasteiger partial charge >= 0.3 is 0 Å². The normalized spacial score (nSPS) is 14.7. The summed E-state index contributed by atoms with van der Waals surface area (Å²) in [7, 11) is 0. The lowest BCUT2D eigenvalue weighted by Crippen LogP contribution is -2.31. The number of nitrogens with zero attached hydrogens (tertiary/aromatic N) is 1. The van der Waals surface area contributed by atoms with Crippen LogP contribution in [0, 0.1) is 6.92 Å². The number of hydrogen-bond acceptors (Lipinski definition) is 3. The highest BCUT2D eigenvalue weighted by atomic mass is 32.2. The molecule has 1 aliphatic heterocycles. The first kappa shape index (κ1) is 14.9. The van der Waals surface area contributed by atoms with Gasteiger partial charge in [0.25, 0.3) is 5.24 Å². The Kier molecular flexibility index (Phi) is 5.47. The van der Waals surface area contributed by atoms with Crippen molar-refractivity contribution in [3.05, 3.63) is 35.4 Å². The van der Waals surface area contributed by atoms with Gasteiger partial charge in [0.1, 0.15) is 0 Å². The fourth-order valence-corrected chi connectivity index (χ4v) is 3.03. The largest absolute Gasteiger partial charge is 0.356 e. The van der Waals surface area contributed by atoms with E-state index in [2.05, 4.69) is 24.4 Å². The van der Waals surface area contributed by atoms with E-state index in [-0.39, 0.29) is 11.1 Å². The maximum atomic E-state index is 11.7. The van der Waals surface area contributed by atoms with Crippen molar-refractivity contribution in [1.29, 1.82) is 0 Å². The van der Waals surface area contributed by atoms with Gasteiger partial charge in [-0.05, 0) is 24.5 Å². The number of benzene rings is 1. The molecule has 4 nitrogen and oxygen atoms in total. The smallest absolute Gasteiger partial charge is 0.281 e. The second-order valence-electron chi connectivity index (χ2n) is 4.88. The first-order valence-electron chi connectivity index (χ1n) is 6.90. The number of hydrogen-bond donors (Lipinski definition) is 1. The molecular formula is C15H20N2O2S. The highest BCUT2D eigenvalue weighted by Crippen LogP contribution is 2.16. The van der Waals surface area contributed by atoms with Crippen LogP contribution in [0.2, 0.25) is 0 Å². The van der Waals surface area contributed by atoms with Gasteiger partial charge in [0.15, 0.2) is 0 Å². The lowest BCUT2D eigenvalue weighted by atomic mass is 10.1. The van der Waals surface area contributed by atoms with Crippen LogP contribution in [-0.2, 0) is 11.2 Å². The molecule has 2 rings (SSSR count). The van der Waals surface area contributed by atoms with Crippen molar-refractivity contribution in [2.75, 3.05) is 25.4 Å². The molecule has 0 radical (unpaired) electrons. The van der Waals surface area contributed by atoms with Crippen molar-refractivity contribution < 1.29 is 9.59 Å². The van der Waals surface area contributed by atoms with Crippen LogP contribution in [0.25, 0.3) is 0 Å². The van der Waals surface area contributed by atoms with E-state index in [1.807, 2.05) is 12.1 Å². The summed E-state index contributed by atoms with van der Waals surface area (Å²) in [6.45, 7) is 4.02. The molecule has 1 aliphatic rings. The number of carbonyl (C=O) groups excluding carboxylic acids is 2. The molecule has 108 valence electrons. The standard InChI is InChI=1S/C15H20N2O2S/c1-12-4-2-3-5-13(12)6-8-16-14(18)7-9-17-10-11-20-15(17)19/h2-5H,6-11H2,1H3,(H,16,18). The highest BCUT2D eigenvalue weighted by Gasteiger charge is 2.21. The molecule has 0 aliphatic carbocycles. The van der Waals surface area contributed by atoms with Crippen molar-refractivity contribution in [3.8, 4) is 0 Å². The fourth-order valence-electron chi connectivity index (χ4n) is 2.18. The van der Waals surface area contributed by atoms with Crippen molar-refractivity contribution in [1.82, 2.24) is 10.2 Å². The lowest BCUT2D eigenvalue weighted by molar-refractivity contribution is -0.121. The van der Waals surface area contributed by atoms with Gasteiger partial charge in [-0.2, -0.15) is 0 Å². The minimum absolute atomic E-state index is 0.0169. The molecule has 1 fully saturated rings. The van der Waals surface area contributed by atoms with Gasteiger partial charge in [-0.15, -0.1) is 0 Å². The second-order valence-corrected chi connectivity index (χ2v) is 5.92. The van der Waals surface area contributed by atoms with Crippen LogP contribution in [0.5, 0.6) is 0 Å². The first-order valence-corrected chi connectivity index (χ1v) is 7.88. The van der Waals surface area contributed by atoms with Crippen LogP contribution < -0.4 is 5.32 Å². The number of nitrogens with one attached hydrogen (secondary N) is 1. The van der Waals surface area contributed by atoms with Crippen LogP contribution in [0.4, 0.5) is 4.79 Å². The third-order valence-corrected chi connectivity index (χ3v) is 4.32. The topological polar surface area (TPSA) is 49.4 Å². The molecule has 1 N–H and O–H groups in total. The van der Waals surface area contributed by atoms with Gasteiger partial charge < -0.3 is 10.2 Å². The fraction of sp³-hybridized carbons (Fsp3) is 0.467. The second kappa shape index (κ2) is 7.33. The third kappa shape index (κ3) is 4.27. The minimum atomic E-state index is 0.0169. The van der Waals surface area contributed by atoms with Crippen molar-refractivity contribution >= 4 is 22.9 Å². The van der Waals surface area contributed by atoms with Gasteiger partial charge in [0, 0.05) is 31.8 Å². The Morgan fingerprint density at radius 3 is 2.90 bits per heavy atom. The van der Waals surface area contributed by atoms with Crippen LogP contribution >= 0.6 is 11.8 Å². The van der Waals surface area contributed by atoms with Gasteiger partial charge in [-0.3, -0.25) is 9.59 Å². The summed E-state index contributed by atoms with van der Waals surface area (Å²) in [5.41, 5.74) is 2.51. The molecule has 0 aromatic heterocycles. The molecule has 0 atom stereocenters. The summed E-state index contributed by atoms with van der Waals surface area (Å²) in [5.74, 6) is 0.858. The Bertz CT molecular complexity index is 491. The average Bonchev–Trinajstić information content (AvgIpc) is 2.84. The zero-order valence-electron chi connectivity index (χ0n) is 11.7. The van der Waals surface area contributed by atoms with E-state index >= 15 is 0 Å². The predicted molar refractivity (Wildman–Crippen MR) is 81.9 cm³/mol. The Morgan fingerprint density at radius 1 is 1.40 bits per heavy atom. The van der Waals surface area contributed by atoms with Crippen LogP contribution in [0.15, 0.2) is 24.3 Å². The van der Waals surface area contributed by atoms with E-state index in [0.717, 1.165) is 18.7 Å². The third-order valence-electron chi connectivity index (χ3n) is 3.43. The molecule has 5 heteroatoms. The van der Waals surface area contributed by atoms with Gasteiger partial charge in [-0.25, -0.2) is 0 Å². The van der Waals surface area contributed by atoms with Crippen molar-refractivity contribution in [2.45, 2.75) is 19.8 Å². The Balaban J connectivity index is 1.65. The lowest BCUT2D eigenvalue weighted by Gasteiger charge is -2.14. The van der Waals surface area contributed by atoms with E-state index < -0.39 is 0 Å². The number of amides is 2. The number of aryl methyl sites for hydroxylation is 1. The van der Waals surface area contributed by atoms with E-state index in [1.54, 1.807) is 4.90 Å². The zero-order valence-corrected chi connectivity index (χ0v) is 12.5. The number of thioether (sulfide) groups is 1. The summed E-state index contributed by atoms with van der Waals surface area (Å²) in [5, 5.41) is 3.01. The van der Waals surface area contributed by atoms with Gasteiger partial charge in [0.05, 0.1) is 0 Å². The van der Waals surface area contributed by atoms with Crippen LogP contribution in [0.1, 0.15) is 17.5 Å². The molecule has 20 heavy (non-hydrogen) atoms. The summed E-state index contributed by atoms with van der Waals surface area (Å²) >= 11 is 1.33. The molecule has 0 bridgehead atoms. The Morgan fingerprint density at radius 2 is 2.20 bits per heavy atom. The number of carbonyl (C=O) groups is 2. The first-order chi connectivity index (χ1) is 9.66. The van der Waals surface area contributed by atoms with Crippen molar-refractivity contribution in [2.24, 2.45) is 0 Å². The van der Waals surface area contributed by atoms with E-state index in [4.69, 9.17) is 0 Å². The highest BCUT2D eigenvalue weighted by molar-refractivity contribution is 8.13. The average molecular weight is 292 g/mol. The van der Waals surface area contributed by atoms with E-state index in [9.17, 15) is 9.59 Å². The molecule has 0 spiro atoms. The van der Waals surface area contributed by atoms with Crippen LogP contribution in [0.3, 0.4) is 0 Å². The SMILES string of the molecule is Cc1ccccc1CCNC(=O)CCN1CCSC1=O. The maximum Gasteiger partial charge on any atom is 0.281 e. The molecule has 2 amide bonds. The molecule has 0 saturated carbocycles. The molecular weight excluding hydrogens is 272 g/mol. The Hall–Kier alpha value is -1.49. The van der Waals surface area contributed by atoms with Crippen molar-refractivity contribution in [3.63, 3.8) is 0 Å². The molecule has 1 saturated heterocycles.